The van der Waals surface area contributed by atoms with Crippen molar-refractivity contribution in [3.05, 3.63) is 70.8 Å². The highest BCUT2D eigenvalue weighted by molar-refractivity contribution is 5.92. The summed E-state index contributed by atoms with van der Waals surface area (Å²) in [5, 5.41) is 10.3. The number of hydrogen-bond acceptors (Lipinski definition) is 1. The molecule has 0 amide bonds. The summed E-state index contributed by atoms with van der Waals surface area (Å²) >= 11 is 0. The Labute approximate surface area is 132 Å². The molecule has 0 atom stereocenters. The molecule has 0 aliphatic heterocycles. The van der Waals surface area contributed by atoms with Crippen molar-refractivity contribution in [3.8, 4) is 0 Å². The van der Waals surface area contributed by atoms with Gasteiger partial charge in [0.2, 0.25) is 0 Å². The van der Waals surface area contributed by atoms with Crippen molar-refractivity contribution in [2.45, 2.75) is 39.0 Å². The highest BCUT2D eigenvalue weighted by Crippen LogP contribution is 2.37. The van der Waals surface area contributed by atoms with Gasteiger partial charge in [-0.2, -0.15) is 0 Å². The molecule has 22 heavy (non-hydrogen) atoms. The maximum absolute atomic E-state index is 7.81. The molecule has 0 unspecified atom stereocenters. The summed E-state index contributed by atoms with van der Waals surface area (Å²) in [6.07, 6.45) is 8.22. The molecule has 1 N–H and O–H groups in total. The number of fused-ring (bicyclic) bond motifs is 1. The third kappa shape index (κ3) is 2.76. The van der Waals surface area contributed by atoms with Crippen molar-refractivity contribution in [2.24, 2.45) is 0 Å². The molecule has 0 saturated carbocycles. The quantitative estimate of drug-likeness (QED) is 0.690. The van der Waals surface area contributed by atoms with Crippen LogP contribution in [0.4, 0.5) is 0 Å². The molecule has 0 fully saturated rings. The fourth-order valence-electron chi connectivity index (χ4n) is 3.48. The van der Waals surface area contributed by atoms with Crippen LogP contribution in [-0.2, 0) is 5.41 Å². The molecular formula is C21H23N. The second kappa shape index (κ2) is 5.57. The average molecular weight is 289 g/mol. The van der Waals surface area contributed by atoms with Gasteiger partial charge in [0.15, 0.2) is 0 Å². The van der Waals surface area contributed by atoms with E-state index in [1.807, 2.05) is 0 Å². The van der Waals surface area contributed by atoms with Gasteiger partial charge in [-0.3, -0.25) is 0 Å². The van der Waals surface area contributed by atoms with Gasteiger partial charge in [0.05, 0.1) is 0 Å². The number of rotatable bonds is 4. The van der Waals surface area contributed by atoms with E-state index in [-0.39, 0.29) is 5.41 Å². The summed E-state index contributed by atoms with van der Waals surface area (Å²) < 4.78 is 0. The Kier molecular flexibility index (Phi) is 3.74. The van der Waals surface area contributed by atoms with Crippen molar-refractivity contribution in [3.63, 3.8) is 0 Å². The molecule has 1 aliphatic rings. The fourth-order valence-corrected chi connectivity index (χ4v) is 3.48. The van der Waals surface area contributed by atoms with Gasteiger partial charge in [0.25, 0.3) is 0 Å². The van der Waals surface area contributed by atoms with Gasteiger partial charge in [-0.15, -0.1) is 0 Å². The summed E-state index contributed by atoms with van der Waals surface area (Å²) in [6, 6.07) is 12.8. The average Bonchev–Trinajstić information content (AvgIpc) is 2.90. The number of hydrogen-bond donors (Lipinski definition) is 1. The maximum Gasteiger partial charge on any atom is 0.0253 e. The first-order valence-electron chi connectivity index (χ1n) is 7.89. The summed E-state index contributed by atoms with van der Waals surface area (Å²) in [6.45, 7) is 6.75. The van der Waals surface area contributed by atoms with Gasteiger partial charge < -0.3 is 5.41 Å². The zero-order valence-electron chi connectivity index (χ0n) is 13.6. The van der Waals surface area contributed by atoms with Crippen LogP contribution in [0.15, 0.2) is 59.7 Å². The largest absolute Gasteiger partial charge is 0.308 e. The maximum atomic E-state index is 7.81. The van der Waals surface area contributed by atoms with E-state index in [1.165, 1.54) is 33.7 Å². The molecule has 2 aromatic rings. The molecule has 0 spiro atoms. The van der Waals surface area contributed by atoms with Crippen LogP contribution in [0.5, 0.6) is 0 Å². The minimum Gasteiger partial charge on any atom is -0.308 e. The summed E-state index contributed by atoms with van der Waals surface area (Å²) in [4.78, 5) is 0. The van der Waals surface area contributed by atoms with E-state index < -0.39 is 0 Å². The van der Waals surface area contributed by atoms with Gasteiger partial charge in [-0.25, -0.2) is 0 Å². The Morgan fingerprint density at radius 1 is 1.14 bits per heavy atom. The lowest BCUT2D eigenvalue weighted by molar-refractivity contribution is 0.516. The highest BCUT2D eigenvalue weighted by Gasteiger charge is 2.25. The third-order valence-electron chi connectivity index (χ3n) is 4.59. The van der Waals surface area contributed by atoms with E-state index in [4.69, 9.17) is 5.41 Å². The van der Waals surface area contributed by atoms with Gasteiger partial charge in [-0.05, 0) is 59.2 Å². The zero-order valence-corrected chi connectivity index (χ0v) is 13.6. The number of allylic oxidation sites excluding steroid dienone is 4. The minimum absolute atomic E-state index is 0.0290. The van der Waals surface area contributed by atoms with Gasteiger partial charge in [0.1, 0.15) is 0 Å². The highest BCUT2D eigenvalue weighted by atomic mass is 14.4. The van der Waals surface area contributed by atoms with Gasteiger partial charge in [-0.1, -0.05) is 61.4 Å². The van der Waals surface area contributed by atoms with Crippen LogP contribution >= 0.6 is 0 Å². The SMILES string of the molecule is CC1=CCC(CC(C)(C)c2cc3ccccc3cc2C=N)=C1. The molecule has 0 aromatic heterocycles. The first-order chi connectivity index (χ1) is 10.5. The lowest BCUT2D eigenvalue weighted by Crippen LogP contribution is -2.20. The van der Waals surface area contributed by atoms with Gasteiger partial charge >= 0.3 is 0 Å². The molecule has 1 heteroatoms. The Bertz CT molecular complexity index is 791. The Morgan fingerprint density at radius 3 is 2.41 bits per heavy atom. The van der Waals surface area contributed by atoms with Crippen molar-refractivity contribution in [2.75, 3.05) is 0 Å². The predicted octanol–water partition coefficient (Wildman–Crippen LogP) is 5.78. The third-order valence-corrected chi connectivity index (χ3v) is 4.59. The van der Waals surface area contributed by atoms with Gasteiger partial charge in [0, 0.05) is 6.21 Å². The molecular weight excluding hydrogens is 266 g/mol. The predicted molar refractivity (Wildman–Crippen MR) is 95.9 cm³/mol. The Morgan fingerprint density at radius 2 is 1.82 bits per heavy atom. The first-order valence-corrected chi connectivity index (χ1v) is 7.89. The lowest BCUT2D eigenvalue weighted by Gasteiger charge is -2.28. The summed E-state index contributed by atoms with van der Waals surface area (Å²) in [5.74, 6) is 0. The summed E-state index contributed by atoms with van der Waals surface area (Å²) in [5.41, 5.74) is 5.20. The number of nitrogens with one attached hydrogen (secondary N) is 1. The Balaban J connectivity index is 2.03. The van der Waals surface area contributed by atoms with E-state index in [9.17, 15) is 0 Å². The van der Waals surface area contributed by atoms with E-state index >= 15 is 0 Å². The molecule has 1 nitrogen and oxygen atoms in total. The van der Waals surface area contributed by atoms with Crippen molar-refractivity contribution in [1.82, 2.24) is 0 Å². The normalized spacial score (nSPS) is 14.9. The molecule has 1 aliphatic carbocycles. The molecule has 0 saturated heterocycles. The van der Waals surface area contributed by atoms with Crippen molar-refractivity contribution < 1.29 is 0 Å². The van der Waals surface area contributed by atoms with Crippen molar-refractivity contribution >= 4 is 17.0 Å². The Hall–Kier alpha value is -2.15. The summed E-state index contributed by atoms with van der Waals surface area (Å²) in [7, 11) is 0. The van der Waals surface area contributed by atoms with Crippen LogP contribution in [0.3, 0.4) is 0 Å². The zero-order chi connectivity index (χ0) is 15.7. The monoisotopic (exact) mass is 289 g/mol. The van der Waals surface area contributed by atoms with E-state index in [0.29, 0.717) is 0 Å². The van der Waals surface area contributed by atoms with Crippen LogP contribution < -0.4 is 0 Å². The lowest BCUT2D eigenvalue weighted by atomic mass is 9.76. The minimum atomic E-state index is 0.0290. The van der Waals surface area contributed by atoms with Crippen LogP contribution in [0.1, 0.15) is 44.7 Å². The number of benzene rings is 2. The van der Waals surface area contributed by atoms with Crippen LogP contribution in [0.25, 0.3) is 10.8 Å². The van der Waals surface area contributed by atoms with E-state index in [0.717, 1.165) is 18.4 Å². The topological polar surface area (TPSA) is 23.9 Å². The van der Waals surface area contributed by atoms with Crippen LogP contribution in [-0.4, -0.2) is 6.21 Å². The second-order valence-corrected chi connectivity index (χ2v) is 6.95. The van der Waals surface area contributed by atoms with Crippen molar-refractivity contribution in [1.29, 1.82) is 5.41 Å². The van der Waals surface area contributed by atoms with Crippen LogP contribution in [0.2, 0.25) is 0 Å². The second-order valence-electron chi connectivity index (χ2n) is 6.95. The fraction of sp³-hybridized carbons (Fsp3) is 0.286. The molecule has 0 bridgehead atoms. The van der Waals surface area contributed by atoms with E-state index in [1.54, 1.807) is 0 Å². The molecule has 0 heterocycles. The van der Waals surface area contributed by atoms with Crippen LogP contribution in [0, 0.1) is 5.41 Å². The first kappa shape index (κ1) is 14.8. The smallest absolute Gasteiger partial charge is 0.0253 e. The molecule has 3 rings (SSSR count). The molecule has 0 radical (unpaired) electrons. The standard InChI is InChI=1S/C21H23N/c1-15-8-9-16(10-15)13-21(2,3)20-12-18-7-5-4-6-17(18)11-19(20)14-22/h4-8,10-12,14,22H,9,13H2,1-3H3. The van der Waals surface area contributed by atoms with E-state index in [2.05, 4.69) is 69.3 Å². The molecule has 2 aromatic carbocycles. The molecule has 112 valence electrons.